The van der Waals surface area contributed by atoms with Crippen molar-refractivity contribution in [2.75, 3.05) is 7.11 Å². The van der Waals surface area contributed by atoms with E-state index in [4.69, 9.17) is 20.8 Å². The average molecular weight is 364 g/mol. The first-order chi connectivity index (χ1) is 12.5. The number of hydrogen-bond donors (Lipinski definition) is 0. The van der Waals surface area contributed by atoms with E-state index < -0.39 is 0 Å². The van der Waals surface area contributed by atoms with E-state index in [9.17, 15) is 0 Å². The van der Waals surface area contributed by atoms with E-state index in [1.807, 2.05) is 36.4 Å². The molecule has 26 heavy (non-hydrogen) atoms. The summed E-state index contributed by atoms with van der Waals surface area (Å²) < 4.78 is 11.4. The molecule has 3 nitrogen and oxygen atoms in total. The van der Waals surface area contributed by atoms with Gasteiger partial charge in [0.15, 0.2) is 5.58 Å². The van der Waals surface area contributed by atoms with Gasteiger partial charge in [-0.05, 0) is 84.6 Å². The smallest absolute Gasteiger partial charge is 0.227 e. The standard InChI is InChI=1S/C22H18ClNO2/c1-13-10-17(11-14(2)21(13)25-3)16-6-9-19-20(12-16)26-22(24-19)15-4-7-18(23)8-5-15/h4-12H,1-3H3. The quantitative estimate of drug-likeness (QED) is 0.420. The lowest BCUT2D eigenvalue weighted by atomic mass is 9.99. The van der Waals surface area contributed by atoms with E-state index in [-0.39, 0.29) is 0 Å². The molecular weight excluding hydrogens is 346 g/mol. The minimum Gasteiger partial charge on any atom is -0.496 e. The Bertz CT molecular complexity index is 1070. The lowest BCUT2D eigenvalue weighted by molar-refractivity contribution is 0.408. The van der Waals surface area contributed by atoms with Gasteiger partial charge in [-0.2, -0.15) is 0 Å². The number of aryl methyl sites for hydroxylation is 2. The summed E-state index contributed by atoms with van der Waals surface area (Å²) in [5.74, 6) is 1.52. The summed E-state index contributed by atoms with van der Waals surface area (Å²) in [4.78, 5) is 4.58. The van der Waals surface area contributed by atoms with E-state index >= 15 is 0 Å². The average Bonchev–Trinajstić information content (AvgIpc) is 3.05. The Balaban J connectivity index is 1.77. The van der Waals surface area contributed by atoms with Gasteiger partial charge in [0.2, 0.25) is 5.89 Å². The molecular formula is C22H18ClNO2. The van der Waals surface area contributed by atoms with Crippen LogP contribution in [0.1, 0.15) is 11.1 Å². The number of methoxy groups -OCH3 is 1. The molecule has 0 saturated carbocycles. The zero-order chi connectivity index (χ0) is 18.3. The molecule has 0 aliphatic carbocycles. The Hall–Kier alpha value is -2.78. The third-order valence-corrected chi connectivity index (χ3v) is 4.73. The van der Waals surface area contributed by atoms with Crippen molar-refractivity contribution in [3.8, 4) is 28.3 Å². The summed E-state index contributed by atoms with van der Waals surface area (Å²) in [5.41, 5.74) is 6.95. The van der Waals surface area contributed by atoms with Crippen molar-refractivity contribution in [3.05, 3.63) is 70.7 Å². The number of hydrogen-bond acceptors (Lipinski definition) is 3. The molecule has 4 aromatic rings. The normalized spacial score (nSPS) is 11.1. The molecule has 1 aromatic heterocycles. The molecule has 130 valence electrons. The Morgan fingerprint density at radius 2 is 1.50 bits per heavy atom. The Labute approximate surface area is 157 Å². The van der Waals surface area contributed by atoms with Crippen LogP contribution in [-0.4, -0.2) is 12.1 Å². The summed E-state index contributed by atoms with van der Waals surface area (Å²) in [6, 6.07) is 17.8. The fraction of sp³-hybridized carbons (Fsp3) is 0.136. The summed E-state index contributed by atoms with van der Waals surface area (Å²) in [7, 11) is 1.70. The molecule has 0 fully saturated rings. The zero-order valence-electron chi connectivity index (χ0n) is 14.8. The minimum atomic E-state index is 0.593. The predicted molar refractivity (Wildman–Crippen MR) is 106 cm³/mol. The van der Waals surface area contributed by atoms with Gasteiger partial charge in [0, 0.05) is 10.6 Å². The third-order valence-electron chi connectivity index (χ3n) is 4.48. The van der Waals surface area contributed by atoms with Crippen molar-refractivity contribution >= 4 is 22.7 Å². The van der Waals surface area contributed by atoms with Crippen LogP contribution in [-0.2, 0) is 0 Å². The summed E-state index contributed by atoms with van der Waals surface area (Å²) in [6.07, 6.45) is 0. The zero-order valence-corrected chi connectivity index (χ0v) is 15.6. The summed E-state index contributed by atoms with van der Waals surface area (Å²) in [6.45, 7) is 4.11. The minimum absolute atomic E-state index is 0.593. The number of rotatable bonds is 3. The molecule has 0 spiro atoms. The highest BCUT2D eigenvalue weighted by atomic mass is 35.5. The van der Waals surface area contributed by atoms with E-state index in [0.717, 1.165) is 44.7 Å². The molecule has 0 atom stereocenters. The van der Waals surface area contributed by atoms with Crippen molar-refractivity contribution < 1.29 is 9.15 Å². The van der Waals surface area contributed by atoms with Gasteiger partial charge >= 0.3 is 0 Å². The highest BCUT2D eigenvalue weighted by molar-refractivity contribution is 6.30. The Morgan fingerprint density at radius 3 is 2.15 bits per heavy atom. The number of halogens is 1. The van der Waals surface area contributed by atoms with Gasteiger partial charge in [-0.3, -0.25) is 0 Å². The van der Waals surface area contributed by atoms with Gasteiger partial charge in [0.25, 0.3) is 0 Å². The highest BCUT2D eigenvalue weighted by Gasteiger charge is 2.11. The molecule has 0 bridgehead atoms. The highest BCUT2D eigenvalue weighted by Crippen LogP contribution is 2.33. The second kappa shape index (κ2) is 6.50. The number of oxazole rings is 1. The Morgan fingerprint density at radius 1 is 0.846 bits per heavy atom. The fourth-order valence-electron chi connectivity index (χ4n) is 3.26. The van der Waals surface area contributed by atoms with Crippen molar-refractivity contribution in [2.24, 2.45) is 0 Å². The lowest BCUT2D eigenvalue weighted by Gasteiger charge is -2.11. The van der Waals surface area contributed by atoms with Crippen LogP contribution in [0.4, 0.5) is 0 Å². The Kier molecular flexibility index (Phi) is 4.17. The summed E-state index contributed by atoms with van der Waals surface area (Å²) >= 11 is 5.95. The molecule has 4 rings (SSSR count). The lowest BCUT2D eigenvalue weighted by Crippen LogP contribution is -1.92. The van der Waals surface area contributed by atoms with Crippen molar-refractivity contribution in [1.82, 2.24) is 4.98 Å². The number of benzene rings is 3. The van der Waals surface area contributed by atoms with E-state index in [0.29, 0.717) is 10.9 Å². The number of aromatic nitrogens is 1. The van der Waals surface area contributed by atoms with E-state index in [1.54, 1.807) is 7.11 Å². The molecule has 0 unspecified atom stereocenters. The third kappa shape index (κ3) is 2.95. The van der Waals surface area contributed by atoms with Gasteiger partial charge < -0.3 is 9.15 Å². The molecule has 0 radical (unpaired) electrons. The van der Waals surface area contributed by atoms with Crippen LogP contribution in [0.15, 0.2) is 59.0 Å². The molecule has 0 amide bonds. The molecule has 0 saturated heterocycles. The van der Waals surface area contributed by atoms with Crippen LogP contribution in [0, 0.1) is 13.8 Å². The molecule has 1 heterocycles. The van der Waals surface area contributed by atoms with Crippen LogP contribution < -0.4 is 4.74 Å². The maximum Gasteiger partial charge on any atom is 0.227 e. The SMILES string of the molecule is COc1c(C)cc(-c2ccc3nc(-c4ccc(Cl)cc4)oc3c2)cc1C. The van der Waals surface area contributed by atoms with Gasteiger partial charge in [0.1, 0.15) is 11.3 Å². The molecule has 0 aliphatic rings. The molecule has 4 heteroatoms. The maximum atomic E-state index is 5.98. The van der Waals surface area contributed by atoms with Gasteiger partial charge in [-0.1, -0.05) is 17.7 Å². The van der Waals surface area contributed by atoms with Gasteiger partial charge in [-0.25, -0.2) is 4.98 Å². The maximum absolute atomic E-state index is 5.98. The number of ether oxygens (including phenoxy) is 1. The number of nitrogens with zero attached hydrogens (tertiary/aromatic N) is 1. The van der Waals surface area contributed by atoms with E-state index in [1.165, 1.54) is 0 Å². The first kappa shape index (κ1) is 16.7. The van der Waals surface area contributed by atoms with Crippen molar-refractivity contribution in [3.63, 3.8) is 0 Å². The van der Waals surface area contributed by atoms with Crippen LogP contribution >= 0.6 is 11.6 Å². The number of fused-ring (bicyclic) bond motifs is 1. The first-order valence-electron chi connectivity index (χ1n) is 8.37. The second-order valence-corrected chi connectivity index (χ2v) is 6.79. The van der Waals surface area contributed by atoms with Crippen LogP contribution in [0.3, 0.4) is 0 Å². The van der Waals surface area contributed by atoms with Crippen LogP contribution in [0.2, 0.25) is 5.02 Å². The van der Waals surface area contributed by atoms with Gasteiger partial charge in [-0.15, -0.1) is 0 Å². The van der Waals surface area contributed by atoms with Crippen molar-refractivity contribution in [2.45, 2.75) is 13.8 Å². The second-order valence-electron chi connectivity index (χ2n) is 6.35. The molecule has 0 aliphatic heterocycles. The van der Waals surface area contributed by atoms with Crippen LogP contribution in [0.25, 0.3) is 33.7 Å². The van der Waals surface area contributed by atoms with Crippen LogP contribution in [0.5, 0.6) is 5.75 Å². The first-order valence-corrected chi connectivity index (χ1v) is 8.75. The van der Waals surface area contributed by atoms with E-state index in [2.05, 4.69) is 37.0 Å². The predicted octanol–water partition coefficient (Wildman–Crippen LogP) is 6.44. The summed E-state index contributed by atoms with van der Waals surface area (Å²) in [5, 5.41) is 0.692. The molecule has 0 N–H and O–H groups in total. The topological polar surface area (TPSA) is 35.3 Å². The fourth-order valence-corrected chi connectivity index (χ4v) is 3.39. The van der Waals surface area contributed by atoms with Gasteiger partial charge in [0.05, 0.1) is 7.11 Å². The van der Waals surface area contributed by atoms with Crippen molar-refractivity contribution in [1.29, 1.82) is 0 Å². The monoisotopic (exact) mass is 363 g/mol. The molecule has 3 aromatic carbocycles. The largest absolute Gasteiger partial charge is 0.496 e.